The lowest BCUT2D eigenvalue weighted by Crippen LogP contribution is -2.41. The number of esters is 5. The highest BCUT2D eigenvalue weighted by molar-refractivity contribution is 5.91. The molecule has 0 bridgehead atoms. The molecular weight excluding hydrogens is 614 g/mol. The number of carbonyl (C=O) groups excluding carboxylic acids is 5. The van der Waals surface area contributed by atoms with E-state index in [0.717, 1.165) is 18.9 Å². The maximum Gasteiger partial charge on any atom is 0.358 e. The number of hydrogen-bond donors (Lipinski definition) is 0. The lowest BCUT2D eigenvalue weighted by Gasteiger charge is -2.24. The van der Waals surface area contributed by atoms with Gasteiger partial charge in [0.25, 0.3) is 0 Å². The van der Waals surface area contributed by atoms with Gasteiger partial charge in [-0.15, -0.1) is 5.10 Å². The predicted molar refractivity (Wildman–Crippen MR) is 159 cm³/mol. The Kier molecular flexibility index (Phi) is 10.3. The molecule has 1 saturated heterocycles. The maximum atomic E-state index is 13.4. The molecule has 5 rings (SSSR count). The Balaban J connectivity index is 1.56. The number of hydrogen-bond acceptors (Lipinski definition) is 13. The summed E-state index contributed by atoms with van der Waals surface area (Å²) < 4.78 is 34.1. The van der Waals surface area contributed by atoms with E-state index in [0.29, 0.717) is 0 Å². The van der Waals surface area contributed by atoms with Crippen molar-refractivity contribution in [2.45, 2.75) is 31.0 Å². The van der Waals surface area contributed by atoms with E-state index in [-0.39, 0.29) is 28.1 Å². The zero-order chi connectivity index (χ0) is 33.3. The molecule has 1 fully saturated rings. The molecule has 47 heavy (non-hydrogen) atoms. The summed E-state index contributed by atoms with van der Waals surface area (Å²) in [4.78, 5) is 64.7. The van der Waals surface area contributed by atoms with Crippen LogP contribution < -0.4 is 0 Å². The molecule has 242 valence electrons. The first kappa shape index (κ1) is 32.5. The molecule has 0 saturated carbocycles. The first-order valence-electron chi connectivity index (χ1n) is 14.3. The van der Waals surface area contributed by atoms with Gasteiger partial charge in [0, 0.05) is 0 Å². The van der Waals surface area contributed by atoms with Crippen LogP contribution in [-0.2, 0) is 39.6 Å². The number of aromatic nitrogens is 3. The zero-order valence-electron chi connectivity index (χ0n) is 25.2. The summed E-state index contributed by atoms with van der Waals surface area (Å²) in [6, 6.07) is 24.2. The van der Waals surface area contributed by atoms with E-state index >= 15 is 0 Å². The SMILES string of the molecule is COC(=O)Cc1nnn([C@@H]2O[C@H](COC(=O)c3ccccc3)[C@H](OC(=O)c3ccccc3)[C@H]2OC(=O)c2ccccc2)c1C(=O)OC. The summed E-state index contributed by atoms with van der Waals surface area (Å²) in [7, 11) is 2.27. The van der Waals surface area contributed by atoms with Crippen molar-refractivity contribution < 1.29 is 52.4 Å². The molecule has 0 spiro atoms. The number of ether oxygens (including phenoxy) is 6. The Morgan fingerprint density at radius 2 is 1.19 bits per heavy atom. The van der Waals surface area contributed by atoms with Gasteiger partial charge in [-0.25, -0.2) is 23.9 Å². The Hall–Kier alpha value is -5.89. The fourth-order valence-electron chi connectivity index (χ4n) is 4.79. The van der Waals surface area contributed by atoms with Gasteiger partial charge in [0.05, 0.1) is 37.3 Å². The van der Waals surface area contributed by atoms with Gasteiger partial charge in [-0.3, -0.25) is 4.79 Å². The zero-order valence-corrected chi connectivity index (χ0v) is 25.2. The van der Waals surface area contributed by atoms with Gasteiger partial charge in [-0.1, -0.05) is 59.8 Å². The highest BCUT2D eigenvalue weighted by Gasteiger charge is 2.53. The fourth-order valence-corrected chi connectivity index (χ4v) is 4.79. The van der Waals surface area contributed by atoms with Crippen molar-refractivity contribution >= 4 is 29.8 Å². The number of benzene rings is 3. The highest BCUT2D eigenvalue weighted by atomic mass is 16.7. The Bertz CT molecular complexity index is 1730. The van der Waals surface area contributed by atoms with Crippen molar-refractivity contribution in [3.05, 3.63) is 119 Å². The molecule has 0 amide bonds. The number of nitrogens with zero attached hydrogens (tertiary/aromatic N) is 3. The van der Waals surface area contributed by atoms with Crippen LogP contribution in [0.5, 0.6) is 0 Å². The van der Waals surface area contributed by atoms with Crippen molar-refractivity contribution in [3.63, 3.8) is 0 Å². The number of rotatable bonds is 11. The second-order valence-corrected chi connectivity index (χ2v) is 10.1. The van der Waals surface area contributed by atoms with E-state index in [9.17, 15) is 24.0 Å². The van der Waals surface area contributed by atoms with E-state index < -0.39 is 67.4 Å². The molecule has 14 nitrogen and oxygen atoms in total. The molecule has 4 aromatic rings. The molecule has 14 heteroatoms. The molecule has 4 atom stereocenters. The maximum absolute atomic E-state index is 13.4. The smallest absolute Gasteiger partial charge is 0.358 e. The van der Waals surface area contributed by atoms with Gasteiger partial charge in [0.15, 0.2) is 24.1 Å². The highest BCUT2D eigenvalue weighted by Crippen LogP contribution is 2.36. The third kappa shape index (κ3) is 7.50. The second kappa shape index (κ2) is 14.9. The van der Waals surface area contributed by atoms with Gasteiger partial charge >= 0.3 is 29.8 Å². The standard InChI is InChI=1S/C33H29N3O11/c1-42-25(37)18-23-26(33(41)43-2)36(35-34-23)29-28(47-32(40)22-16-10-5-11-17-22)27(46-31(39)21-14-8-4-9-15-21)24(45-29)19-44-30(38)20-12-6-3-7-13-20/h3-17,24,27-29H,18-19H2,1-2H3/t24-,27+,28-,29-/m1/s1. The first-order chi connectivity index (χ1) is 22.8. The Morgan fingerprint density at radius 3 is 1.70 bits per heavy atom. The molecule has 1 aliphatic heterocycles. The predicted octanol–water partition coefficient (Wildman–Crippen LogP) is 2.99. The molecule has 1 aromatic heterocycles. The minimum atomic E-state index is -1.48. The monoisotopic (exact) mass is 643 g/mol. The van der Waals surface area contributed by atoms with Crippen LogP contribution in [0.4, 0.5) is 0 Å². The van der Waals surface area contributed by atoms with E-state index in [4.69, 9.17) is 28.4 Å². The van der Waals surface area contributed by atoms with Gasteiger partial charge in [0.1, 0.15) is 18.4 Å². The normalized spacial score (nSPS) is 18.5. The van der Waals surface area contributed by atoms with Gasteiger partial charge in [0.2, 0.25) is 0 Å². The van der Waals surface area contributed by atoms with Gasteiger partial charge < -0.3 is 28.4 Å². The molecule has 0 radical (unpaired) electrons. The lowest BCUT2D eigenvalue weighted by molar-refractivity contribution is -0.139. The quantitative estimate of drug-likeness (QED) is 0.173. The van der Waals surface area contributed by atoms with Gasteiger partial charge in [-0.05, 0) is 36.4 Å². The summed E-state index contributed by atoms with van der Waals surface area (Å²) >= 11 is 0. The average Bonchev–Trinajstić information content (AvgIpc) is 3.68. The lowest BCUT2D eigenvalue weighted by atomic mass is 10.1. The van der Waals surface area contributed by atoms with Crippen LogP contribution in [0.2, 0.25) is 0 Å². The topological polar surface area (TPSA) is 171 Å². The van der Waals surface area contributed by atoms with Crippen LogP contribution in [0.25, 0.3) is 0 Å². The van der Waals surface area contributed by atoms with Crippen molar-refractivity contribution in [3.8, 4) is 0 Å². The minimum Gasteiger partial charge on any atom is -0.469 e. The van der Waals surface area contributed by atoms with E-state index in [1.807, 2.05) is 0 Å². The molecule has 3 aromatic carbocycles. The third-order valence-corrected chi connectivity index (χ3v) is 7.10. The minimum absolute atomic E-state index is 0.114. The van der Waals surface area contributed by atoms with Crippen LogP contribution in [0.15, 0.2) is 91.0 Å². The summed E-state index contributed by atoms with van der Waals surface area (Å²) in [5, 5.41) is 7.99. The third-order valence-electron chi connectivity index (χ3n) is 7.10. The molecule has 0 N–H and O–H groups in total. The van der Waals surface area contributed by atoms with Crippen LogP contribution in [0.3, 0.4) is 0 Å². The summed E-state index contributed by atoms with van der Waals surface area (Å²) in [6.45, 7) is -0.465. The van der Waals surface area contributed by atoms with Crippen molar-refractivity contribution in [1.82, 2.24) is 15.0 Å². The molecule has 2 heterocycles. The molecule has 0 aliphatic carbocycles. The van der Waals surface area contributed by atoms with Crippen LogP contribution in [0, 0.1) is 0 Å². The first-order valence-corrected chi connectivity index (χ1v) is 14.3. The van der Waals surface area contributed by atoms with Crippen molar-refractivity contribution in [2.75, 3.05) is 20.8 Å². The Morgan fingerprint density at radius 1 is 0.681 bits per heavy atom. The van der Waals surface area contributed by atoms with Gasteiger partial charge in [-0.2, -0.15) is 0 Å². The van der Waals surface area contributed by atoms with E-state index in [1.165, 1.54) is 24.3 Å². The van der Waals surface area contributed by atoms with Crippen molar-refractivity contribution in [1.29, 1.82) is 0 Å². The summed E-state index contributed by atoms with van der Waals surface area (Å²) in [5.41, 5.74) is 0.177. The molecule has 0 unspecified atom stereocenters. The molecular formula is C33H29N3O11. The summed E-state index contributed by atoms with van der Waals surface area (Å²) in [5.74, 6) is -3.97. The Labute approximate surface area is 268 Å². The van der Waals surface area contributed by atoms with Crippen LogP contribution in [-0.4, -0.2) is 84.0 Å². The van der Waals surface area contributed by atoms with E-state index in [1.54, 1.807) is 66.7 Å². The van der Waals surface area contributed by atoms with Crippen LogP contribution in [0.1, 0.15) is 53.5 Å². The fraction of sp³-hybridized carbons (Fsp3) is 0.242. The second-order valence-electron chi connectivity index (χ2n) is 10.1. The average molecular weight is 644 g/mol. The molecule has 1 aliphatic rings. The van der Waals surface area contributed by atoms with E-state index in [2.05, 4.69) is 10.3 Å². The summed E-state index contributed by atoms with van der Waals surface area (Å²) in [6.07, 6.45) is -6.06. The van der Waals surface area contributed by atoms with Crippen LogP contribution >= 0.6 is 0 Å². The largest absolute Gasteiger partial charge is 0.469 e. The number of methoxy groups -OCH3 is 2. The number of carbonyl (C=O) groups is 5. The van der Waals surface area contributed by atoms with Crippen molar-refractivity contribution in [2.24, 2.45) is 0 Å².